The Labute approximate surface area is 103 Å². The molecule has 0 N–H and O–H groups in total. The Balaban J connectivity index is 2.79. The molecule has 96 valence electrons. The molecule has 0 spiro atoms. The summed E-state index contributed by atoms with van der Waals surface area (Å²) in [6, 6.07) is 0. The number of carbonyl (C=O) groups excluding carboxylic acids is 1. The van der Waals surface area contributed by atoms with E-state index in [1.807, 2.05) is 4.68 Å². The highest BCUT2D eigenvalue weighted by Crippen LogP contribution is 2.17. The second kappa shape index (κ2) is 5.94. The third-order valence-electron chi connectivity index (χ3n) is 2.96. The summed E-state index contributed by atoms with van der Waals surface area (Å²) in [6.45, 7) is 11.0. The highest BCUT2D eigenvalue weighted by molar-refractivity contribution is 5.78. The normalized spacial score (nSPS) is 13.4. The second-order valence-electron chi connectivity index (χ2n) is 5.42. The van der Waals surface area contributed by atoms with Crippen molar-refractivity contribution in [2.45, 2.75) is 47.6 Å². The average Bonchev–Trinajstić information content (AvgIpc) is 2.59. The molecular formula is C13H23N3O. The largest absolute Gasteiger partial charge is 0.300 e. The zero-order chi connectivity index (χ0) is 13.0. The van der Waals surface area contributed by atoms with Crippen LogP contribution in [-0.4, -0.2) is 20.5 Å². The molecule has 17 heavy (non-hydrogen) atoms. The third kappa shape index (κ3) is 3.95. The first-order valence-corrected chi connectivity index (χ1v) is 6.29. The van der Waals surface area contributed by atoms with Crippen molar-refractivity contribution in [1.29, 1.82) is 0 Å². The van der Waals surface area contributed by atoms with Gasteiger partial charge in [-0.15, -0.1) is 0 Å². The molecule has 0 radical (unpaired) electrons. The van der Waals surface area contributed by atoms with Crippen molar-refractivity contribution in [1.82, 2.24) is 14.8 Å². The van der Waals surface area contributed by atoms with Crippen molar-refractivity contribution in [3.8, 4) is 0 Å². The van der Waals surface area contributed by atoms with Crippen LogP contribution >= 0.6 is 0 Å². The predicted molar refractivity (Wildman–Crippen MR) is 67.6 cm³/mol. The number of aromatic nitrogens is 3. The molecule has 1 rings (SSSR count). The Hall–Kier alpha value is -1.19. The maximum Gasteiger partial charge on any atom is 0.138 e. The molecule has 1 aromatic heterocycles. The fourth-order valence-corrected chi connectivity index (χ4v) is 1.99. The molecular weight excluding hydrogens is 214 g/mol. The molecule has 0 aliphatic carbocycles. The number of hydrogen-bond donors (Lipinski definition) is 0. The van der Waals surface area contributed by atoms with Gasteiger partial charge in [0.25, 0.3) is 0 Å². The molecule has 0 aliphatic rings. The van der Waals surface area contributed by atoms with Crippen molar-refractivity contribution in [2.75, 3.05) is 0 Å². The smallest absolute Gasteiger partial charge is 0.138 e. The molecule has 0 fully saturated rings. The van der Waals surface area contributed by atoms with Crippen molar-refractivity contribution in [2.24, 2.45) is 17.8 Å². The van der Waals surface area contributed by atoms with Crippen molar-refractivity contribution >= 4 is 5.78 Å². The van der Waals surface area contributed by atoms with Gasteiger partial charge >= 0.3 is 0 Å². The number of nitrogens with zero attached hydrogens (tertiary/aromatic N) is 3. The standard InChI is InChI=1S/C13H23N3O/c1-9(2)7-16-13(14-8-15-16)6-12(10(3)4)11(5)17/h8-10,12H,6-7H2,1-5H3. The van der Waals surface area contributed by atoms with Gasteiger partial charge in [0.1, 0.15) is 17.9 Å². The van der Waals surface area contributed by atoms with E-state index in [-0.39, 0.29) is 11.7 Å². The van der Waals surface area contributed by atoms with Gasteiger partial charge in [-0.25, -0.2) is 9.67 Å². The molecule has 0 aromatic carbocycles. The Bertz CT molecular complexity index is 368. The molecule has 0 amide bonds. The summed E-state index contributed by atoms with van der Waals surface area (Å²) in [7, 11) is 0. The summed E-state index contributed by atoms with van der Waals surface area (Å²) in [5, 5.41) is 4.22. The van der Waals surface area contributed by atoms with Gasteiger partial charge < -0.3 is 0 Å². The topological polar surface area (TPSA) is 47.8 Å². The van der Waals surface area contributed by atoms with E-state index in [4.69, 9.17) is 0 Å². The zero-order valence-electron chi connectivity index (χ0n) is 11.5. The van der Waals surface area contributed by atoms with Crippen LogP contribution in [0.1, 0.15) is 40.4 Å². The fraction of sp³-hybridized carbons (Fsp3) is 0.769. The van der Waals surface area contributed by atoms with Crippen LogP contribution in [-0.2, 0) is 17.8 Å². The van der Waals surface area contributed by atoms with Gasteiger partial charge in [0, 0.05) is 18.9 Å². The summed E-state index contributed by atoms with van der Waals surface area (Å²) < 4.78 is 1.92. The Morgan fingerprint density at radius 1 is 1.35 bits per heavy atom. The Morgan fingerprint density at radius 3 is 2.47 bits per heavy atom. The van der Waals surface area contributed by atoms with Crippen LogP contribution in [0.4, 0.5) is 0 Å². The minimum atomic E-state index is 0.0464. The fourth-order valence-electron chi connectivity index (χ4n) is 1.99. The van der Waals surface area contributed by atoms with E-state index in [9.17, 15) is 4.79 Å². The lowest BCUT2D eigenvalue weighted by atomic mass is 9.89. The van der Waals surface area contributed by atoms with E-state index >= 15 is 0 Å². The van der Waals surface area contributed by atoms with E-state index in [2.05, 4.69) is 37.8 Å². The monoisotopic (exact) mass is 237 g/mol. The van der Waals surface area contributed by atoms with Gasteiger partial charge in [-0.3, -0.25) is 4.79 Å². The third-order valence-corrected chi connectivity index (χ3v) is 2.96. The van der Waals surface area contributed by atoms with Crippen LogP contribution in [0.3, 0.4) is 0 Å². The van der Waals surface area contributed by atoms with Crippen LogP contribution in [0.5, 0.6) is 0 Å². The van der Waals surface area contributed by atoms with Crippen LogP contribution in [0, 0.1) is 17.8 Å². The lowest BCUT2D eigenvalue weighted by molar-refractivity contribution is -0.122. The van der Waals surface area contributed by atoms with E-state index in [0.717, 1.165) is 12.4 Å². The van der Waals surface area contributed by atoms with Gasteiger partial charge in [-0.05, 0) is 18.8 Å². The molecule has 1 atom stereocenters. The zero-order valence-corrected chi connectivity index (χ0v) is 11.5. The van der Waals surface area contributed by atoms with Gasteiger partial charge in [-0.1, -0.05) is 27.7 Å². The Morgan fingerprint density at radius 2 is 2.00 bits per heavy atom. The minimum absolute atomic E-state index is 0.0464. The summed E-state index contributed by atoms with van der Waals surface area (Å²) in [5.74, 6) is 2.08. The lowest BCUT2D eigenvalue weighted by Crippen LogP contribution is -2.23. The summed E-state index contributed by atoms with van der Waals surface area (Å²) in [6.07, 6.45) is 2.27. The summed E-state index contributed by atoms with van der Waals surface area (Å²) in [5.41, 5.74) is 0. The SMILES string of the molecule is CC(=O)C(Cc1ncnn1CC(C)C)C(C)C. The second-order valence-corrected chi connectivity index (χ2v) is 5.42. The maximum absolute atomic E-state index is 11.6. The first-order valence-electron chi connectivity index (χ1n) is 6.29. The predicted octanol–water partition coefficient (Wildman–Crippen LogP) is 2.34. The average molecular weight is 237 g/mol. The van der Waals surface area contributed by atoms with Gasteiger partial charge in [0.2, 0.25) is 0 Å². The van der Waals surface area contributed by atoms with Gasteiger partial charge in [0.05, 0.1) is 0 Å². The van der Waals surface area contributed by atoms with Gasteiger partial charge in [0.15, 0.2) is 0 Å². The number of ketones is 1. The van der Waals surface area contributed by atoms with Crippen molar-refractivity contribution < 1.29 is 4.79 Å². The molecule has 0 bridgehead atoms. The van der Waals surface area contributed by atoms with E-state index in [1.165, 1.54) is 0 Å². The molecule has 0 saturated carbocycles. The van der Waals surface area contributed by atoms with Crippen LogP contribution in [0.25, 0.3) is 0 Å². The van der Waals surface area contributed by atoms with Crippen molar-refractivity contribution in [3.05, 3.63) is 12.2 Å². The number of carbonyl (C=O) groups is 1. The first-order chi connectivity index (χ1) is 7.91. The van der Waals surface area contributed by atoms with Crippen LogP contribution in [0.15, 0.2) is 6.33 Å². The van der Waals surface area contributed by atoms with Crippen molar-refractivity contribution in [3.63, 3.8) is 0 Å². The number of Topliss-reactive ketones (excluding diaryl/α,β-unsaturated/α-hetero) is 1. The molecule has 0 saturated heterocycles. The maximum atomic E-state index is 11.6. The molecule has 0 aliphatic heterocycles. The molecule has 1 heterocycles. The number of rotatable bonds is 6. The number of hydrogen-bond acceptors (Lipinski definition) is 3. The van der Waals surface area contributed by atoms with E-state index in [1.54, 1.807) is 13.3 Å². The molecule has 1 unspecified atom stereocenters. The van der Waals surface area contributed by atoms with E-state index < -0.39 is 0 Å². The van der Waals surface area contributed by atoms with Gasteiger partial charge in [-0.2, -0.15) is 5.10 Å². The molecule has 4 nitrogen and oxygen atoms in total. The quantitative estimate of drug-likeness (QED) is 0.763. The molecule has 1 aromatic rings. The lowest BCUT2D eigenvalue weighted by Gasteiger charge is -2.18. The molecule has 4 heteroatoms. The first kappa shape index (κ1) is 13.9. The van der Waals surface area contributed by atoms with Crippen LogP contribution in [0.2, 0.25) is 0 Å². The minimum Gasteiger partial charge on any atom is -0.300 e. The highest BCUT2D eigenvalue weighted by atomic mass is 16.1. The van der Waals surface area contributed by atoms with Crippen LogP contribution < -0.4 is 0 Å². The summed E-state index contributed by atoms with van der Waals surface area (Å²) in [4.78, 5) is 15.9. The highest BCUT2D eigenvalue weighted by Gasteiger charge is 2.21. The summed E-state index contributed by atoms with van der Waals surface area (Å²) >= 11 is 0. The Kier molecular flexibility index (Phi) is 4.85. The van der Waals surface area contributed by atoms with E-state index in [0.29, 0.717) is 18.3 Å².